The van der Waals surface area contributed by atoms with Gasteiger partial charge >= 0.3 is 0 Å². The van der Waals surface area contributed by atoms with E-state index < -0.39 is 13.7 Å². The molecule has 1 aliphatic rings. The molecule has 0 unspecified atom stereocenters. The smallest absolute Gasteiger partial charge is 0.191 e. The molecule has 0 aliphatic heterocycles. The third-order valence-electron chi connectivity index (χ3n) is 7.51. The number of Topliss-reactive ketones (excluding diaryl/α,β-unsaturated/α-hetero) is 1. The highest BCUT2D eigenvalue weighted by Gasteiger charge is 2.47. The third-order valence-corrected chi connectivity index (χ3v) is 12.1. The molecule has 0 spiro atoms. The maximum atomic E-state index is 13.8. The minimum Gasteiger partial charge on any atom is -0.417 e. The third kappa shape index (κ3) is 4.59. The predicted molar refractivity (Wildman–Crippen MR) is 134 cm³/mol. The van der Waals surface area contributed by atoms with Crippen LogP contribution in [0.5, 0.6) is 0 Å². The number of carbonyl (C=O) groups is 1. The van der Waals surface area contributed by atoms with E-state index in [9.17, 15) is 4.79 Å². The summed E-state index contributed by atoms with van der Waals surface area (Å²) in [7, 11) is -1.73. The van der Waals surface area contributed by atoms with Crippen molar-refractivity contribution in [2.45, 2.75) is 89.8 Å². The van der Waals surface area contributed by atoms with Crippen LogP contribution in [-0.2, 0) is 14.6 Å². The summed E-state index contributed by atoms with van der Waals surface area (Å²) in [6.45, 7) is 14.4. The van der Waals surface area contributed by atoms with Gasteiger partial charge in [0.1, 0.15) is 5.78 Å². The molecule has 0 radical (unpaired) electrons. The van der Waals surface area contributed by atoms with Crippen LogP contribution in [0.15, 0.2) is 48.5 Å². The molecule has 0 heterocycles. The second kappa shape index (κ2) is 9.42. The van der Waals surface area contributed by atoms with Crippen LogP contribution in [0.1, 0.15) is 77.3 Å². The first kappa shape index (κ1) is 23.9. The van der Waals surface area contributed by atoms with Crippen molar-refractivity contribution in [2.24, 2.45) is 0 Å². The van der Waals surface area contributed by atoms with Crippen molar-refractivity contribution in [2.75, 3.05) is 6.61 Å². The van der Waals surface area contributed by atoms with E-state index in [1.165, 1.54) is 22.3 Å². The number of hydrogen-bond donors (Lipinski definition) is 0. The van der Waals surface area contributed by atoms with E-state index in [-0.39, 0.29) is 5.04 Å². The molecule has 2 aromatic rings. The van der Waals surface area contributed by atoms with Gasteiger partial charge in [0.2, 0.25) is 0 Å². The molecule has 2 nitrogen and oxygen atoms in total. The lowest BCUT2D eigenvalue weighted by Crippen LogP contribution is -2.41. The van der Waals surface area contributed by atoms with Crippen LogP contribution in [0.3, 0.4) is 0 Å². The molecule has 168 valence electrons. The number of fused-ring (bicyclic) bond motifs is 3. The van der Waals surface area contributed by atoms with Crippen LogP contribution in [0.4, 0.5) is 0 Å². The number of carbonyl (C=O) groups excluding carboxylic acids is 1. The fraction of sp³-hybridized carbons (Fsp3) is 0.536. The van der Waals surface area contributed by atoms with Crippen molar-refractivity contribution in [3.8, 4) is 11.1 Å². The molecular weight excluding hydrogens is 396 g/mol. The van der Waals surface area contributed by atoms with Crippen LogP contribution in [0, 0.1) is 0 Å². The van der Waals surface area contributed by atoms with Gasteiger partial charge in [-0.1, -0.05) is 82.6 Å². The van der Waals surface area contributed by atoms with Crippen molar-refractivity contribution in [3.63, 3.8) is 0 Å². The average molecular weight is 437 g/mol. The van der Waals surface area contributed by atoms with Gasteiger partial charge in [-0.15, -0.1) is 0 Å². The normalized spacial score (nSPS) is 14.9. The average Bonchev–Trinajstić information content (AvgIpc) is 3.02. The van der Waals surface area contributed by atoms with E-state index in [0.29, 0.717) is 12.2 Å². The molecule has 0 saturated carbocycles. The number of benzene rings is 2. The van der Waals surface area contributed by atoms with Gasteiger partial charge < -0.3 is 4.43 Å². The molecular formula is C28H40O2Si. The standard InChI is InChI=1S/C28H40O2Si/c1-7-8-19-26(29)28(20-13-14-21-30-31(5,6)27(2,3)4)24-17-11-9-15-22(24)23-16-10-12-18-25(23)28/h9-12,15-18H,7-8,13-14,19-21H2,1-6H3. The Morgan fingerprint density at radius 3 is 1.97 bits per heavy atom. The maximum Gasteiger partial charge on any atom is 0.191 e. The summed E-state index contributed by atoms with van der Waals surface area (Å²) in [5.41, 5.74) is 4.39. The first-order chi connectivity index (χ1) is 14.6. The summed E-state index contributed by atoms with van der Waals surface area (Å²) in [6.07, 6.45) is 5.52. The lowest BCUT2D eigenvalue weighted by molar-refractivity contribution is -0.123. The molecule has 1 aliphatic carbocycles. The Bertz CT molecular complexity index is 862. The van der Waals surface area contributed by atoms with Crippen molar-refractivity contribution in [3.05, 3.63) is 59.7 Å². The van der Waals surface area contributed by atoms with E-state index in [2.05, 4.69) is 89.3 Å². The van der Waals surface area contributed by atoms with Crippen LogP contribution < -0.4 is 0 Å². The predicted octanol–water partition coefficient (Wildman–Crippen LogP) is 7.90. The lowest BCUT2D eigenvalue weighted by Gasteiger charge is -2.36. The van der Waals surface area contributed by atoms with Crippen LogP contribution in [0.25, 0.3) is 11.1 Å². The van der Waals surface area contributed by atoms with Gasteiger partial charge in [0.25, 0.3) is 0 Å². The van der Waals surface area contributed by atoms with Gasteiger partial charge in [0.15, 0.2) is 8.32 Å². The van der Waals surface area contributed by atoms with E-state index in [1.807, 2.05) is 0 Å². The summed E-state index contributed by atoms with van der Waals surface area (Å²) < 4.78 is 6.41. The molecule has 0 atom stereocenters. The Kier molecular flexibility index (Phi) is 7.27. The van der Waals surface area contributed by atoms with Gasteiger partial charge in [0, 0.05) is 13.0 Å². The zero-order valence-corrected chi connectivity index (χ0v) is 21.4. The molecule has 0 amide bonds. The van der Waals surface area contributed by atoms with Gasteiger partial charge in [-0.2, -0.15) is 0 Å². The SMILES string of the molecule is CCCCC(=O)C1(CCCCO[Si](C)(C)C(C)(C)C)c2ccccc2-c2ccccc21. The van der Waals surface area contributed by atoms with E-state index in [0.717, 1.165) is 38.7 Å². The highest BCUT2D eigenvalue weighted by molar-refractivity contribution is 6.74. The molecule has 0 aromatic heterocycles. The number of ketones is 1. The second-order valence-corrected chi connectivity index (χ2v) is 15.4. The Morgan fingerprint density at radius 1 is 0.903 bits per heavy atom. The quantitative estimate of drug-likeness (QED) is 0.279. The molecule has 3 heteroatoms. The molecule has 31 heavy (non-hydrogen) atoms. The minimum atomic E-state index is -1.73. The second-order valence-electron chi connectivity index (χ2n) is 10.6. The summed E-state index contributed by atoms with van der Waals surface area (Å²) in [6, 6.07) is 17.1. The summed E-state index contributed by atoms with van der Waals surface area (Å²) in [4.78, 5) is 13.8. The van der Waals surface area contributed by atoms with Gasteiger partial charge in [0.05, 0.1) is 5.41 Å². The Labute approximate surface area is 190 Å². The summed E-state index contributed by atoms with van der Waals surface area (Å²) >= 11 is 0. The summed E-state index contributed by atoms with van der Waals surface area (Å²) in [5, 5.41) is 0.230. The molecule has 0 fully saturated rings. The highest BCUT2D eigenvalue weighted by atomic mass is 28.4. The van der Waals surface area contributed by atoms with Gasteiger partial charge in [-0.05, 0) is 66.1 Å². The lowest BCUT2D eigenvalue weighted by atomic mass is 9.70. The minimum absolute atomic E-state index is 0.230. The van der Waals surface area contributed by atoms with E-state index in [4.69, 9.17) is 4.43 Å². The molecule has 3 rings (SSSR count). The van der Waals surface area contributed by atoms with Crippen LogP contribution in [-0.4, -0.2) is 20.7 Å². The van der Waals surface area contributed by atoms with E-state index >= 15 is 0 Å². The fourth-order valence-electron chi connectivity index (χ4n) is 4.62. The Morgan fingerprint density at radius 2 is 1.45 bits per heavy atom. The molecule has 2 aromatic carbocycles. The molecule has 0 saturated heterocycles. The van der Waals surface area contributed by atoms with Gasteiger partial charge in [-0.25, -0.2) is 0 Å². The number of unbranched alkanes of at least 4 members (excludes halogenated alkanes) is 2. The zero-order chi connectivity index (χ0) is 22.7. The van der Waals surface area contributed by atoms with Crippen LogP contribution in [0.2, 0.25) is 18.1 Å². The molecule has 0 N–H and O–H groups in total. The summed E-state index contributed by atoms with van der Waals surface area (Å²) in [5.74, 6) is 0.386. The van der Waals surface area contributed by atoms with E-state index in [1.54, 1.807) is 0 Å². The maximum absolute atomic E-state index is 13.8. The van der Waals surface area contributed by atoms with Gasteiger partial charge in [-0.3, -0.25) is 4.79 Å². The van der Waals surface area contributed by atoms with Crippen LogP contribution >= 0.6 is 0 Å². The molecule has 0 bridgehead atoms. The fourth-order valence-corrected chi connectivity index (χ4v) is 5.71. The Balaban J connectivity index is 1.84. The largest absolute Gasteiger partial charge is 0.417 e. The highest BCUT2D eigenvalue weighted by Crippen LogP contribution is 2.52. The zero-order valence-electron chi connectivity index (χ0n) is 20.4. The monoisotopic (exact) mass is 436 g/mol. The first-order valence-corrected chi connectivity index (χ1v) is 14.9. The van der Waals surface area contributed by atoms with Crippen molar-refractivity contribution >= 4 is 14.1 Å². The Hall–Kier alpha value is -1.71. The van der Waals surface area contributed by atoms with Crippen molar-refractivity contribution in [1.29, 1.82) is 0 Å². The first-order valence-electron chi connectivity index (χ1n) is 12.0. The van der Waals surface area contributed by atoms with Crippen molar-refractivity contribution < 1.29 is 9.22 Å². The topological polar surface area (TPSA) is 26.3 Å². The number of hydrogen-bond acceptors (Lipinski definition) is 2. The number of rotatable bonds is 10. The van der Waals surface area contributed by atoms with Crippen molar-refractivity contribution in [1.82, 2.24) is 0 Å².